The molecule has 0 amide bonds. The van der Waals surface area contributed by atoms with Gasteiger partial charge in [0.15, 0.2) is 0 Å². The van der Waals surface area contributed by atoms with Gasteiger partial charge in [0.05, 0.1) is 6.33 Å². The minimum absolute atomic E-state index is 0.489. The number of imidazole rings is 1. The fourth-order valence-electron chi connectivity index (χ4n) is 1.74. The maximum absolute atomic E-state index is 4.01. The maximum atomic E-state index is 4.01. The highest BCUT2D eigenvalue weighted by molar-refractivity contribution is 7.10. The predicted molar refractivity (Wildman–Crippen MR) is 67.6 cm³/mol. The Kier molecular flexibility index (Phi) is 4.13. The number of rotatable bonds is 6. The van der Waals surface area contributed by atoms with Gasteiger partial charge in [-0.25, -0.2) is 4.98 Å². The van der Waals surface area contributed by atoms with Gasteiger partial charge in [0, 0.05) is 35.8 Å². The monoisotopic (exact) mass is 235 g/mol. The van der Waals surface area contributed by atoms with Crippen LogP contribution in [0, 0.1) is 0 Å². The quantitative estimate of drug-likeness (QED) is 0.808. The van der Waals surface area contributed by atoms with Crippen LogP contribution in [0.25, 0.3) is 0 Å². The molecule has 2 heterocycles. The first-order valence-electron chi connectivity index (χ1n) is 5.64. The van der Waals surface area contributed by atoms with E-state index in [2.05, 4.69) is 39.7 Å². The molecule has 1 atom stereocenters. The number of nitrogens with one attached hydrogen (secondary N) is 2. The fourth-order valence-corrected chi connectivity index (χ4v) is 2.62. The van der Waals surface area contributed by atoms with E-state index in [1.165, 1.54) is 10.6 Å². The van der Waals surface area contributed by atoms with E-state index < -0.39 is 0 Å². The molecular formula is C12H17N3S. The van der Waals surface area contributed by atoms with Crippen LogP contribution in [0.2, 0.25) is 0 Å². The number of hydrogen-bond acceptors (Lipinski definition) is 3. The molecule has 2 aromatic rings. The van der Waals surface area contributed by atoms with Crippen LogP contribution in [0.4, 0.5) is 0 Å². The number of H-pyrrole nitrogens is 1. The first-order chi connectivity index (χ1) is 7.90. The van der Waals surface area contributed by atoms with Crippen molar-refractivity contribution < 1.29 is 0 Å². The molecule has 2 rings (SSSR count). The Bertz CT molecular complexity index is 380. The van der Waals surface area contributed by atoms with Crippen LogP contribution in [0.5, 0.6) is 0 Å². The summed E-state index contributed by atoms with van der Waals surface area (Å²) in [6.07, 6.45) is 5.74. The zero-order chi connectivity index (χ0) is 11.2. The summed E-state index contributed by atoms with van der Waals surface area (Å²) in [6, 6.07) is 4.80. The van der Waals surface area contributed by atoms with Crippen molar-refractivity contribution in [2.45, 2.75) is 25.8 Å². The van der Waals surface area contributed by atoms with Gasteiger partial charge in [0.2, 0.25) is 0 Å². The van der Waals surface area contributed by atoms with E-state index in [-0.39, 0.29) is 0 Å². The Labute approximate surface area is 99.9 Å². The third-order valence-electron chi connectivity index (χ3n) is 2.63. The lowest BCUT2D eigenvalue weighted by atomic mass is 10.2. The highest BCUT2D eigenvalue weighted by Gasteiger charge is 2.08. The molecule has 0 radical (unpaired) electrons. The van der Waals surface area contributed by atoms with Crippen molar-refractivity contribution in [3.8, 4) is 0 Å². The molecule has 0 bridgehead atoms. The lowest BCUT2D eigenvalue weighted by Crippen LogP contribution is -2.22. The molecule has 2 aromatic heterocycles. The summed E-state index contributed by atoms with van der Waals surface area (Å²) >= 11 is 1.82. The molecule has 4 heteroatoms. The lowest BCUT2D eigenvalue weighted by molar-refractivity contribution is 0.528. The van der Waals surface area contributed by atoms with Gasteiger partial charge >= 0.3 is 0 Å². The number of hydrogen-bond donors (Lipinski definition) is 2. The SMILES string of the molecule is CCC(NCCc1cnc[nH]1)c1cccs1. The van der Waals surface area contributed by atoms with E-state index in [9.17, 15) is 0 Å². The Morgan fingerprint density at radius 1 is 1.56 bits per heavy atom. The fraction of sp³-hybridized carbons (Fsp3) is 0.417. The normalized spacial score (nSPS) is 12.8. The average molecular weight is 235 g/mol. The molecule has 0 aromatic carbocycles. The Morgan fingerprint density at radius 3 is 3.12 bits per heavy atom. The average Bonchev–Trinajstić information content (AvgIpc) is 2.96. The first kappa shape index (κ1) is 11.4. The van der Waals surface area contributed by atoms with Gasteiger partial charge in [0.1, 0.15) is 0 Å². The highest BCUT2D eigenvalue weighted by atomic mass is 32.1. The molecule has 2 N–H and O–H groups in total. The Morgan fingerprint density at radius 2 is 2.50 bits per heavy atom. The van der Waals surface area contributed by atoms with Crippen molar-refractivity contribution in [2.75, 3.05) is 6.54 Å². The maximum Gasteiger partial charge on any atom is 0.0921 e. The summed E-state index contributed by atoms with van der Waals surface area (Å²) in [5.74, 6) is 0. The summed E-state index contributed by atoms with van der Waals surface area (Å²) in [6.45, 7) is 3.20. The van der Waals surface area contributed by atoms with Crippen molar-refractivity contribution in [3.05, 3.63) is 40.6 Å². The molecule has 0 saturated heterocycles. The summed E-state index contributed by atoms with van der Waals surface area (Å²) < 4.78 is 0. The van der Waals surface area contributed by atoms with Crippen LogP contribution < -0.4 is 5.32 Å². The summed E-state index contributed by atoms with van der Waals surface area (Å²) in [7, 11) is 0. The molecule has 3 nitrogen and oxygen atoms in total. The number of thiophene rings is 1. The molecule has 0 aliphatic carbocycles. The molecule has 1 unspecified atom stereocenters. The standard InChI is InChI=1S/C12H17N3S/c1-2-11(12-4-3-7-16-12)14-6-5-10-8-13-9-15-10/h3-4,7-9,11,14H,2,5-6H2,1H3,(H,13,15). The molecule has 0 spiro atoms. The third-order valence-corrected chi connectivity index (χ3v) is 3.62. The van der Waals surface area contributed by atoms with Crippen LogP contribution in [0.1, 0.15) is 30.0 Å². The minimum Gasteiger partial charge on any atom is -0.348 e. The van der Waals surface area contributed by atoms with Gasteiger partial charge in [-0.15, -0.1) is 11.3 Å². The molecule has 0 aliphatic rings. The smallest absolute Gasteiger partial charge is 0.0921 e. The second kappa shape index (κ2) is 5.82. The lowest BCUT2D eigenvalue weighted by Gasteiger charge is -2.14. The van der Waals surface area contributed by atoms with Gasteiger partial charge in [-0.3, -0.25) is 0 Å². The van der Waals surface area contributed by atoms with Gasteiger partial charge in [-0.1, -0.05) is 13.0 Å². The van der Waals surface area contributed by atoms with E-state index >= 15 is 0 Å². The third kappa shape index (κ3) is 2.93. The number of aromatic amines is 1. The minimum atomic E-state index is 0.489. The molecule has 0 fully saturated rings. The second-order valence-electron chi connectivity index (χ2n) is 3.76. The molecule has 86 valence electrons. The van der Waals surface area contributed by atoms with Crippen LogP contribution >= 0.6 is 11.3 Å². The van der Waals surface area contributed by atoms with E-state index in [1.54, 1.807) is 6.33 Å². The van der Waals surface area contributed by atoms with E-state index in [0.717, 1.165) is 19.4 Å². The van der Waals surface area contributed by atoms with Crippen molar-refractivity contribution in [1.82, 2.24) is 15.3 Å². The zero-order valence-electron chi connectivity index (χ0n) is 9.44. The second-order valence-corrected chi connectivity index (χ2v) is 4.74. The first-order valence-corrected chi connectivity index (χ1v) is 6.52. The summed E-state index contributed by atoms with van der Waals surface area (Å²) in [4.78, 5) is 8.55. The number of aromatic nitrogens is 2. The van der Waals surface area contributed by atoms with E-state index in [4.69, 9.17) is 0 Å². The molecule has 0 saturated carbocycles. The van der Waals surface area contributed by atoms with E-state index in [0.29, 0.717) is 6.04 Å². The predicted octanol–water partition coefficient (Wildman–Crippen LogP) is 2.75. The van der Waals surface area contributed by atoms with Gasteiger partial charge in [0.25, 0.3) is 0 Å². The van der Waals surface area contributed by atoms with Crippen molar-refractivity contribution >= 4 is 11.3 Å². The van der Waals surface area contributed by atoms with E-state index in [1.807, 2.05) is 17.5 Å². The topological polar surface area (TPSA) is 40.7 Å². The van der Waals surface area contributed by atoms with Crippen LogP contribution in [-0.4, -0.2) is 16.5 Å². The van der Waals surface area contributed by atoms with Crippen molar-refractivity contribution in [2.24, 2.45) is 0 Å². The molecule has 0 aliphatic heterocycles. The van der Waals surface area contributed by atoms with Gasteiger partial charge < -0.3 is 10.3 Å². The van der Waals surface area contributed by atoms with Crippen molar-refractivity contribution in [1.29, 1.82) is 0 Å². The van der Waals surface area contributed by atoms with Gasteiger partial charge in [-0.2, -0.15) is 0 Å². The molecular weight excluding hydrogens is 218 g/mol. The molecule has 16 heavy (non-hydrogen) atoms. The largest absolute Gasteiger partial charge is 0.348 e. The van der Waals surface area contributed by atoms with Crippen molar-refractivity contribution in [3.63, 3.8) is 0 Å². The summed E-state index contributed by atoms with van der Waals surface area (Å²) in [5.41, 5.74) is 1.19. The van der Waals surface area contributed by atoms with Gasteiger partial charge in [-0.05, 0) is 17.9 Å². The zero-order valence-corrected chi connectivity index (χ0v) is 10.3. The summed E-state index contributed by atoms with van der Waals surface area (Å²) in [5, 5.41) is 5.71. The Hall–Kier alpha value is -1.13. The van der Waals surface area contributed by atoms with Crippen LogP contribution in [-0.2, 0) is 6.42 Å². The number of nitrogens with zero attached hydrogens (tertiary/aromatic N) is 1. The van der Waals surface area contributed by atoms with Crippen LogP contribution in [0.15, 0.2) is 30.0 Å². The Balaban J connectivity index is 1.80. The highest BCUT2D eigenvalue weighted by Crippen LogP contribution is 2.21. The van der Waals surface area contributed by atoms with Crippen LogP contribution in [0.3, 0.4) is 0 Å².